The van der Waals surface area contributed by atoms with Crippen LogP contribution in [0.4, 0.5) is 5.69 Å². The van der Waals surface area contributed by atoms with E-state index in [0.29, 0.717) is 10.2 Å². The number of nitrogens with zero attached hydrogens (tertiary/aromatic N) is 2. The van der Waals surface area contributed by atoms with Gasteiger partial charge in [0.1, 0.15) is 11.3 Å². The summed E-state index contributed by atoms with van der Waals surface area (Å²) in [6.07, 6.45) is -0.1000. The average Bonchev–Trinajstić information content (AvgIpc) is 3.11. The first-order valence-corrected chi connectivity index (χ1v) is 8.78. The highest BCUT2D eigenvalue weighted by molar-refractivity contribution is 7.81. The predicted molar refractivity (Wildman–Crippen MR) is 106 cm³/mol. The van der Waals surface area contributed by atoms with Crippen molar-refractivity contribution in [3.63, 3.8) is 0 Å². The highest BCUT2D eigenvalue weighted by Crippen LogP contribution is 2.38. The van der Waals surface area contributed by atoms with Crippen LogP contribution in [-0.2, 0) is 5.54 Å². The number of anilines is 1. The molecule has 5 nitrogen and oxygen atoms in total. The smallest absolute Gasteiger partial charge is 0.194 e. The molecule has 2 aromatic rings. The van der Waals surface area contributed by atoms with Crippen molar-refractivity contribution in [2.75, 3.05) is 12.1 Å². The lowest BCUT2D eigenvalue weighted by atomic mass is 9.90. The third-order valence-electron chi connectivity index (χ3n) is 4.72. The summed E-state index contributed by atoms with van der Waals surface area (Å²) in [5.74, 6) is 0.801. The lowest BCUT2D eigenvalue weighted by molar-refractivity contribution is 0.264. The summed E-state index contributed by atoms with van der Waals surface area (Å²) in [5.41, 5.74) is 1.70. The van der Waals surface area contributed by atoms with Crippen molar-refractivity contribution in [3.8, 4) is 5.75 Å². The summed E-state index contributed by atoms with van der Waals surface area (Å²) in [4.78, 5) is 0. The van der Waals surface area contributed by atoms with E-state index in [1.807, 2.05) is 52.5 Å². The standard InChI is InChI=1S/C18H18N4OS2/c1-18(12-6-4-3-5-7-12)15-19-16(24)21(22(15)17(25)20-18)13-8-10-14(23-2)11-9-13/h3-11,15H,1-2H3,(H,19,24)(H,20,25)/t15-,18-/m0/s1. The van der Waals surface area contributed by atoms with E-state index in [1.54, 1.807) is 7.11 Å². The van der Waals surface area contributed by atoms with Gasteiger partial charge in [-0.25, -0.2) is 10.0 Å². The van der Waals surface area contributed by atoms with Crippen LogP contribution in [0.15, 0.2) is 54.6 Å². The first kappa shape index (κ1) is 16.1. The Hall–Kier alpha value is -2.38. The molecule has 128 valence electrons. The average molecular weight is 371 g/mol. The van der Waals surface area contributed by atoms with Crippen LogP contribution in [0.1, 0.15) is 12.5 Å². The molecule has 0 saturated carbocycles. The molecular formula is C18H18N4OS2. The van der Waals surface area contributed by atoms with Crippen LogP contribution in [0, 0.1) is 0 Å². The topological polar surface area (TPSA) is 39.8 Å². The van der Waals surface area contributed by atoms with E-state index in [1.165, 1.54) is 0 Å². The molecule has 2 aliphatic rings. The quantitative estimate of drug-likeness (QED) is 0.805. The van der Waals surface area contributed by atoms with Gasteiger partial charge in [-0.3, -0.25) is 0 Å². The van der Waals surface area contributed by atoms with E-state index in [4.69, 9.17) is 29.2 Å². The summed E-state index contributed by atoms with van der Waals surface area (Å²) < 4.78 is 5.24. The Morgan fingerprint density at radius 1 is 1.00 bits per heavy atom. The van der Waals surface area contributed by atoms with E-state index in [9.17, 15) is 0 Å². The summed E-state index contributed by atoms with van der Waals surface area (Å²) in [6.45, 7) is 2.13. The third-order valence-corrected chi connectivity index (χ3v) is 5.30. The van der Waals surface area contributed by atoms with Gasteiger partial charge < -0.3 is 15.4 Å². The normalized spacial score (nSPS) is 24.8. The molecular weight excluding hydrogens is 352 g/mol. The fourth-order valence-electron chi connectivity index (χ4n) is 3.38. The fourth-order valence-corrected chi connectivity index (χ4v) is 4.08. The van der Waals surface area contributed by atoms with Gasteiger partial charge in [-0.2, -0.15) is 0 Å². The molecule has 0 aliphatic carbocycles. The van der Waals surface area contributed by atoms with Crippen LogP contribution in [0.5, 0.6) is 5.75 Å². The first-order chi connectivity index (χ1) is 12.0. The van der Waals surface area contributed by atoms with E-state index in [2.05, 4.69) is 29.7 Å². The largest absolute Gasteiger partial charge is 0.497 e. The van der Waals surface area contributed by atoms with E-state index >= 15 is 0 Å². The molecule has 0 spiro atoms. The Balaban J connectivity index is 1.72. The summed E-state index contributed by atoms with van der Waals surface area (Å²) >= 11 is 11.2. The minimum Gasteiger partial charge on any atom is -0.497 e. The Kier molecular flexibility index (Phi) is 3.77. The second-order valence-corrected chi connectivity index (χ2v) is 6.98. The van der Waals surface area contributed by atoms with Crippen LogP contribution in [0.25, 0.3) is 0 Å². The number of hydrogen-bond donors (Lipinski definition) is 2. The molecule has 4 rings (SSSR count). The lowest BCUT2D eigenvalue weighted by Gasteiger charge is -2.30. The SMILES string of the molecule is COc1ccc(N2C(=S)N[C@H]3N2C(=S)N[C@@]3(C)c2ccccc2)cc1. The highest BCUT2D eigenvalue weighted by atomic mass is 32.1. The van der Waals surface area contributed by atoms with Gasteiger partial charge in [-0.15, -0.1) is 0 Å². The van der Waals surface area contributed by atoms with Crippen LogP contribution >= 0.6 is 24.4 Å². The maximum atomic E-state index is 5.63. The van der Waals surface area contributed by atoms with Crippen LogP contribution < -0.4 is 20.4 Å². The molecule has 2 saturated heterocycles. The van der Waals surface area contributed by atoms with Gasteiger partial charge in [-0.05, 0) is 61.2 Å². The third kappa shape index (κ3) is 2.42. The van der Waals surface area contributed by atoms with Gasteiger partial charge in [0.25, 0.3) is 0 Å². The Bertz CT molecular complexity index is 827. The van der Waals surface area contributed by atoms with Gasteiger partial charge >= 0.3 is 0 Å². The molecule has 0 bridgehead atoms. The van der Waals surface area contributed by atoms with Crippen LogP contribution in [0.2, 0.25) is 0 Å². The van der Waals surface area contributed by atoms with Crippen LogP contribution in [0.3, 0.4) is 0 Å². The molecule has 25 heavy (non-hydrogen) atoms. The maximum Gasteiger partial charge on any atom is 0.194 e. The van der Waals surface area contributed by atoms with Crippen LogP contribution in [-0.4, -0.2) is 28.5 Å². The number of fused-ring (bicyclic) bond motifs is 1. The molecule has 0 amide bonds. The van der Waals surface area contributed by atoms with Gasteiger partial charge in [0.15, 0.2) is 16.4 Å². The predicted octanol–water partition coefficient (Wildman–Crippen LogP) is 2.74. The molecule has 0 unspecified atom stereocenters. The molecule has 0 radical (unpaired) electrons. The molecule has 0 aromatic heterocycles. The van der Waals surface area contributed by atoms with E-state index < -0.39 is 0 Å². The zero-order valence-corrected chi connectivity index (χ0v) is 15.5. The van der Waals surface area contributed by atoms with E-state index in [-0.39, 0.29) is 11.7 Å². The molecule has 2 atom stereocenters. The second kappa shape index (κ2) is 5.86. The molecule has 7 heteroatoms. The van der Waals surface area contributed by atoms with Crippen molar-refractivity contribution in [1.82, 2.24) is 15.6 Å². The van der Waals surface area contributed by atoms with Crippen molar-refractivity contribution >= 4 is 40.3 Å². The monoisotopic (exact) mass is 370 g/mol. The molecule has 2 heterocycles. The second-order valence-electron chi connectivity index (χ2n) is 6.20. The zero-order valence-electron chi connectivity index (χ0n) is 13.9. The number of hydrazine groups is 1. The van der Waals surface area contributed by atoms with Crippen molar-refractivity contribution < 1.29 is 4.74 Å². The van der Waals surface area contributed by atoms with Gasteiger partial charge in [0.05, 0.1) is 12.8 Å². The maximum absolute atomic E-state index is 5.63. The van der Waals surface area contributed by atoms with Crippen molar-refractivity contribution in [2.24, 2.45) is 0 Å². The van der Waals surface area contributed by atoms with E-state index in [0.717, 1.165) is 17.0 Å². The summed E-state index contributed by atoms with van der Waals surface area (Å²) in [7, 11) is 1.65. The number of hydrogen-bond acceptors (Lipinski definition) is 3. The van der Waals surface area contributed by atoms with Gasteiger partial charge in [-0.1, -0.05) is 30.3 Å². The van der Waals surface area contributed by atoms with Gasteiger partial charge in [0, 0.05) is 0 Å². The minimum atomic E-state index is -0.385. The number of ether oxygens (including phenoxy) is 1. The Morgan fingerprint density at radius 3 is 2.32 bits per heavy atom. The number of methoxy groups -OCH3 is 1. The Morgan fingerprint density at radius 2 is 1.68 bits per heavy atom. The zero-order chi connectivity index (χ0) is 17.6. The number of nitrogens with one attached hydrogen (secondary N) is 2. The number of rotatable bonds is 3. The van der Waals surface area contributed by atoms with Crippen molar-refractivity contribution in [3.05, 3.63) is 60.2 Å². The number of benzene rings is 2. The highest BCUT2D eigenvalue weighted by Gasteiger charge is 2.54. The first-order valence-electron chi connectivity index (χ1n) is 7.96. The Labute approximate surface area is 157 Å². The molecule has 2 fully saturated rings. The molecule has 2 aromatic carbocycles. The molecule has 2 N–H and O–H groups in total. The van der Waals surface area contributed by atoms with Crippen molar-refractivity contribution in [2.45, 2.75) is 18.6 Å². The summed E-state index contributed by atoms with van der Waals surface area (Å²) in [6, 6.07) is 18.0. The lowest BCUT2D eigenvalue weighted by Crippen LogP contribution is -2.49. The van der Waals surface area contributed by atoms with Gasteiger partial charge in [0.2, 0.25) is 0 Å². The molecule has 2 aliphatic heterocycles. The summed E-state index contributed by atoms with van der Waals surface area (Å²) in [5, 5.41) is 12.1. The minimum absolute atomic E-state index is 0.1000. The van der Waals surface area contributed by atoms with Crippen molar-refractivity contribution in [1.29, 1.82) is 0 Å². The number of thiocarbonyl (C=S) groups is 2. The fraction of sp³-hybridized carbons (Fsp3) is 0.222.